The first kappa shape index (κ1) is 22.5. The minimum absolute atomic E-state index is 0.239. The number of urea groups is 1. The molecule has 2 heterocycles. The molecular weight excluding hydrogens is 416 g/mol. The first-order valence-corrected chi connectivity index (χ1v) is 10.9. The number of carbonyl (C=O) groups is 2. The van der Waals surface area contributed by atoms with Crippen molar-refractivity contribution in [2.24, 2.45) is 0 Å². The summed E-state index contributed by atoms with van der Waals surface area (Å²) in [6.07, 6.45) is 2.37. The molecule has 0 fully saturated rings. The van der Waals surface area contributed by atoms with Crippen LogP contribution in [0.2, 0.25) is 0 Å². The van der Waals surface area contributed by atoms with Crippen LogP contribution in [-0.2, 0) is 24.2 Å². The predicted octanol–water partition coefficient (Wildman–Crippen LogP) is 3.91. The van der Waals surface area contributed by atoms with E-state index >= 15 is 0 Å². The summed E-state index contributed by atoms with van der Waals surface area (Å²) >= 11 is 1.34. The maximum atomic E-state index is 12.9. The maximum absolute atomic E-state index is 12.9. The smallest absolute Gasteiger partial charge is 0.322 e. The van der Waals surface area contributed by atoms with E-state index in [4.69, 9.17) is 9.15 Å². The molecule has 0 aliphatic rings. The Morgan fingerprint density at radius 2 is 2.06 bits per heavy atom. The van der Waals surface area contributed by atoms with Crippen LogP contribution in [0.1, 0.15) is 33.7 Å². The summed E-state index contributed by atoms with van der Waals surface area (Å²) in [7, 11) is 1.59. The normalized spacial score (nSPS) is 10.6. The number of benzene rings is 1. The lowest BCUT2D eigenvalue weighted by molar-refractivity contribution is 0.0943. The third kappa shape index (κ3) is 6.40. The first-order chi connectivity index (χ1) is 15.1. The molecule has 3 amide bonds. The fourth-order valence-corrected chi connectivity index (χ4v) is 3.71. The SMILES string of the molecule is CCc1ccccc1NC(=O)N(CCOC)Cc1nc(C(=O)NCc2ccco2)cs1. The second-order valence-electron chi connectivity index (χ2n) is 6.74. The van der Waals surface area contributed by atoms with Gasteiger partial charge in [0.15, 0.2) is 0 Å². The van der Waals surface area contributed by atoms with Crippen LogP contribution < -0.4 is 10.6 Å². The summed E-state index contributed by atoms with van der Waals surface area (Å²) in [6.45, 7) is 3.40. The summed E-state index contributed by atoms with van der Waals surface area (Å²) in [6, 6.07) is 11.0. The molecule has 1 aromatic carbocycles. The summed E-state index contributed by atoms with van der Waals surface area (Å²) < 4.78 is 10.4. The fraction of sp³-hybridized carbons (Fsp3) is 0.318. The molecule has 3 aromatic rings. The Bertz CT molecular complexity index is 987. The molecule has 8 nitrogen and oxygen atoms in total. The topological polar surface area (TPSA) is 96.7 Å². The van der Waals surface area contributed by atoms with Gasteiger partial charge in [0.05, 0.1) is 26.0 Å². The van der Waals surface area contributed by atoms with E-state index in [1.165, 1.54) is 11.3 Å². The fourth-order valence-electron chi connectivity index (χ4n) is 2.92. The van der Waals surface area contributed by atoms with Gasteiger partial charge >= 0.3 is 6.03 Å². The van der Waals surface area contributed by atoms with Crippen molar-refractivity contribution >= 4 is 29.0 Å². The Labute approximate surface area is 185 Å². The number of amides is 3. The molecule has 0 bridgehead atoms. The van der Waals surface area contributed by atoms with E-state index in [9.17, 15) is 9.59 Å². The largest absolute Gasteiger partial charge is 0.467 e. The number of rotatable bonds is 10. The highest BCUT2D eigenvalue weighted by atomic mass is 32.1. The monoisotopic (exact) mass is 442 g/mol. The van der Waals surface area contributed by atoms with Crippen LogP contribution in [0.25, 0.3) is 0 Å². The highest BCUT2D eigenvalue weighted by molar-refractivity contribution is 7.09. The number of methoxy groups -OCH3 is 1. The Morgan fingerprint density at radius 3 is 2.81 bits per heavy atom. The van der Waals surface area contributed by atoms with Crippen molar-refractivity contribution in [2.45, 2.75) is 26.4 Å². The number of hydrogen-bond acceptors (Lipinski definition) is 6. The molecule has 2 aromatic heterocycles. The van der Waals surface area contributed by atoms with Crippen LogP contribution in [0, 0.1) is 0 Å². The summed E-state index contributed by atoms with van der Waals surface area (Å²) in [5.74, 6) is 0.377. The summed E-state index contributed by atoms with van der Waals surface area (Å²) in [5.41, 5.74) is 2.16. The van der Waals surface area contributed by atoms with E-state index in [0.29, 0.717) is 29.6 Å². The van der Waals surface area contributed by atoms with Gasteiger partial charge in [0.25, 0.3) is 5.91 Å². The lowest BCUT2D eigenvalue weighted by atomic mass is 10.1. The molecule has 0 unspecified atom stereocenters. The number of nitrogens with zero attached hydrogens (tertiary/aromatic N) is 2. The zero-order valence-corrected chi connectivity index (χ0v) is 18.4. The third-order valence-corrected chi connectivity index (χ3v) is 5.44. The Morgan fingerprint density at radius 1 is 1.23 bits per heavy atom. The maximum Gasteiger partial charge on any atom is 0.322 e. The van der Waals surface area contributed by atoms with Gasteiger partial charge in [-0.15, -0.1) is 11.3 Å². The van der Waals surface area contributed by atoms with E-state index in [2.05, 4.69) is 15.6 Å². The Hall–Kier alpha value is -3.17. The highest BCUT2D eigenvalue weighted by Crippen LogP contribution is 2.18. The van der Waals surface area contributed by atoms with Gasteiger partial charge in [-0.3, -0.25) is 4.79 Å². The number of thiazole rings is 1. The molecular formula is C22H26N4O4S. The van der Waals surface area contributed by atoms with E-state index < -0.39 is 0 Å². The average Bonchev–Trinajstić information content (AvgIpc) is 3.47. The molecule has 0 aliphatic carbocycles. The number of aryl methyl sites for hydroxylation is 1. The van der Waals surface area contributed by atoms with Crippen molar-refractivity contribution in [1.82, 2.24) is 15.2 Å². The molecule has 0 atom stereocenters. The molecule has 9 heteroatoms. The minimum Gasteiger partial charge on any atom is -0.467 e. The number of para-hydroxylation sites is 1. The lowest BCUT2D eigenvalue weighted by Gasteiger charge is -2.22. The second kappa shape index (κ2) is 11.3. The predicted molar refractivity (Wildman–Crippen MR) is 119 cm³/mol. The number of hydrogen-bond donors (Lipinski definition) is 2. The lowest BCUT2D eigenvalue weighted by Crippen LogP contribution is -2.37. The molecule has 0 radical (unpaired) electrons. The van der Waals surface area contributed by atoms with Crippen LogP contribution >= 0.6 is 11.3 Å². The zero-order chi connectivity index (χ0) is 22.1. The molecule has 164 valence electrons. The first-order valence-electron chi connectivity index (χ1n) is 9.98. The van der Waals surface area contributed by atoms with Crippen molar-refractivity contribution < 1.29 is 18.7 Å². The third-order valence-electron chi connectivity index (χ3n) is 4.61. The molecule has 0 saturated heterocycles. The van der Waals surface area contributed by atoms with Crippen LogP contribution in [0.15, 0.2) is 52.5 Å². The van der Waals surface area contributed by atoms with Crippen molar-refractivity contribution in [1.29, 1.82) is 0 Å². The molecule has 3 rings (SSSR count). The molecule has 0 aliphatic heterocycles. The quantitative estimate of drug-likeness (QED) is 0.496. The standard InChI is InChI=1S/C22H26N4O4S/c1-3-16-7-4-5-9-18(16)25-22(28)26(10-12-29-2)14-20-24-19(15-31-20)21(27)23-13-17-8-6-11-30-17/h4-9,11,15H,3,10,12-14H2,1-2H3,(H,23,27)(H,25,28). The van der Waals surface area contributed by atoms with Gasteiger partial charge in [0.2, 0.25) is 0 Å². The Balaban J connectivity index is 1.63. The number of nitrogens with one attached hydrogen (secondary N) is 2. The number of carbonyl (C=O) groups excluding carboxylic acids is 2. The summed E-state index contributed by atoms with van der Waals surface area (Å²) in [5, 5.41) is 8.09. The van der Waals surface area contributed by atoms with Gasteiger partial charge in [-0.2, -0.15) is 0 Å². The van der Waals surface area contributed by atoms with Crippen LogP contribution in [0.3, 0.4) is 0 Å². The van der Waals surface area contributed by atoms with Crippen molar-refractivity contribution in [3.8, 4) is 0 Å². The molecule has 2 N–H and O–H groups in total. The highest BCUT2D eigenvalue weighted by Gasteiger charge is 2.18. The van der Waals surface area contributed by atoms with Gasteiger partial charge < -0.3 is 24.7 Å². The second-order valence-corrected chi connectivity index (χ2v) is 7.69. The molecule has 0 saturated carbocycles. The van der Waals surface area contributed by atoms with E-state index in [1.807, 2.05) is 31.2 Å². The van der Waals surface area contributed by atoms with Crippen molar-refractivity contribution in [3.05, 3.63) is 70.1 Å². The van der Waals surface area contributed by atoms with E-state index in [0.717, 1.165) is 17.7 Å². The van der Waals surface area contributed by atoms with E-state index in [-0.39, 0.29) is 25.0 Å². The number of aromatic nitrogens is 1. The van der Waals surface area contributed by atoms with Gasteiger partial charge in [0.1, 0.15) is 16.5 Å². The molecule has 31 heavy (non-hydrogen) atoms. The van der Waals surface area contributed by atoms with Gasteiger partial charge in [-0.1, -0.05) is 25.1 Å². The van der Waals surface area contributed by atoms with Crippen molar-refractivity contribution in [2.75, 3.05) is 25.6 Å². The number of anilines is 1. The van der Waals surface area contributed by atoms with Gasteiger partial charge in [-0.25, -0.2) is 9.78 Å². The minimum atomic E-state index is -0.288. The average molecular weight is 443 g/mol. The van der Waals surface area contributed by atoms with Crippen LogP contribution in [0.4, 0.5) is 10.5 Å². The van der Waals surface area contributed by atoms with Crippen LogP contribution in [0.5, 0.6) is 0 Å². The Kier molecular flexibility index (Phi) is 8.19. The number of ether oxygens (including phenoxy) is 1. The summed E-state index contributed by atoms with van der Waals surface area (Å²) in [4.78, 5) is 31.3. The molecule has 0 spiro atoms. The van der Waals surface area contributed by atoms with Gasteiger partial charge in [0, 0.05) is 24.7 Å². The van der Waals surface area contributed by atoms with Crippen molar-refractivity contribution in [3.63, 3.8) is 0 Å². The zero-order valence-electron chi connectivity index (χ0n) is 17.6. The van der Waals surface area contributed by atoms with E-state index in [1.54, 1.807) is 35.8 Å². The van der Waals surface area contributed by atoms with Gasteiger partial charge in [-0.05, 0) is 30.2 Å². The number of furan rings is 1. The van der Waals surface area contributed by atoms with Crippen LogP contribution in [-0.4, -0.2) is 42.1 Å².